The van der Waals surface area contributed by atoms with E-state index < -0.39 is 0 Å². The van der Waals surface area contributed by atoms with Gasteiger partial charge in [0.15, 0.2) is 0 Å². The molecule has 23 heavy (non-hydrogen) atoms. The molecule has 0 atom stereocenters. The van der Waals surface area contributed by atoms with Crippen molar-refractivity contribution in [2.24, 2.45) is 0 Å². The first-order valence-electron chi connectivity index (χ1n) is 7.87. The predicted molar refractivity (Wildman–Crippen MR) is 99.2 cm³/mol. The number of amides is 1. The molecule has 0 spiro atoms. The van der Waals surface area contributed by atoms with E-state index in [2.05, 4.69) is 53.5 Å². The Kier molecular flexibility index (Phi) is 7.01. The number of carbonyl (C=O) groups excluding carboxylic acids is 1. The standard InChI is InChI=1S/C19H24N2OS/c1-16-8-10-18(11-9-16)23-15-12-19(22)20-13-14-21(2)17-6-4-3-5-7-17/h3-11H,12-15H2,1-2H3,(H,20,22). The minimum atomic E-state index is 0.117. The summed E-state index contributed by atoms with van der Waals surface area (Å²) in [5.41, 5.74) is 2.42. The van der Waals surface area contributed by atoms with Gasteiger partial charge in [0, 0.05) is 42.9 Å². The average molecular weight is 328 g/mol. The Morgan fingerprint density at radius 1 is 1.09 bits per heavy atom. The zero-order valence-electron chi connectivity index (χ0n) is 13.8. The number of nitrogens with zero attached hydrogens (tertiary/aromatic N) is 1. The van der Waals surface area contributed by atoms with Gasteiger partial charge in [-0.1, -0.05) is 35.9 Å². The highest BCUT2D eigenvalue weighted by molar-refractivity contribution is 7.99. The zero-order chi connectivity index (χ0) is 16.5. The normalized spacial score (nSPS) is 10.3. The Bertz CT molecular complexity index is 599. The van der Waals surface area contributed by atoms with Crippen molar-refractivity contribution >= 4 is 23.4 Å². The summed E-state index contributed by atoms with van der Waals surface area (Å²) in [5, 5.41) is 2.98. The van der Waals surface area contributed by atoms with E-state index >= 15 is 0 Å². The lowest BCUT2D eigenvalue weighted by atomic mass is 10.2. The van der Waals surface area contributed by atoms with Crippen LogP contribution in [0.3, 0.4) is 0 Å². The number of hydrogen-bond donors (Lipinski definition) is 1. The Morgan fingerprint density at radius 3 is 2.48 bits per heavy atom. The zero-order valence-corrected chi connectivity index (χ0v) is 14.6. The molecule has 3 nitrogen and oxygen atoms in total. The average Bonchev–Trinajstić information content (AvgIpc) is 2.57. The fraction of sp³-hybridized carbons (Fsp3) is 0.316. The van der Waals surface area contributed by atoms with Gasteiger partial charge in [0.2, 0.25) is 5.91 Å². The number of anilines is 1. The third-order valence-corrected chi connectivity index (χ3v) is 4.60. The summed E-state index contributed by atoms with van der Waals surface area (Å²) < 4.78 is 0. The SMILES string of the molecule is Cc1ccc(SCCC(=O)NCCN(C)c2ccccc2)cc1. The van der Waals surface area contributed by atoms with Crippen molar-refractivity contribution in [3.8, 4) is 0 Å². The van der Waals surface area contributed by atoms with Crippen LogP contribution in [-0.2, 0) is 4.79 Å². The number of aryl methyl sites for hydroxylation is 1. The molecule has 2 rings (SSSR count). The maximum Gasteiger partial charge on any atom is 0.220 e. The van der Waals surface area contributed by atoms with Crippen LogP contribution in [0, 0.1) is 6.92 Å². The molecular formula is C19H24N2OS. The number of rotatable bonds is 8. The van der Waals surface area contributed by atoms with Crippen LogP contribution in [0.5, 0.6) is 0 Å². The van der Waals surface area contributed by atoms with Crippen LogP contribution >= 0.6 is 11.8 Å². The summed E-state index contributed by atoms with van der Waals surface area (Å²) in [7, 11) is 2.04. The third kappa shape index (κ3) is 6.37. The van der Waals surface area contributed by atoms with Crippen molar-refractivity contribution in [3.05, 3.63) is 60.2 Å². The molecule has 2 aromatic rings. The molecule has 0 aliphatic heterocycles. The molecule has 2 aromatic carbocycles. The van der Waals surface area contributed by atoms with Crippen molar-refractivity contribution in [1.29, 1.82) is 0 Å². The van der Waals surface area contributed by atoms with Crippen LogP contribution in [0.4, 0.5) is 5.69 Å². The van der Waals surface area contributed by atoms with Gasteiger partial charge in [-0.2, -0.15) is 0 Å². The van der Waals surface area contributed by atoms with Gasteiger partial charge in [-0.25, -0.2) is 0 Å². The van der Waals surface area contributed by atoms with Gasteiger partial charge in [0.25, 0.3) is 0 Å². The molecule has 4 heteroatoms. The van der Waals surface area contributed by atoms with Crippen LogP contribution in [0.15, 0.2) is 59.5 Å². The largest absolute Gasteiger partial charge is 0.373 e. The van der Waals surface area contributed by atoms with Crippen molar-refractivity contribution in [2.75, 3.05) is 30.8 Å². The van der Waals surface area contributed by atoms with Crippen molar-refractivity contribution in [2.45, 2.75) is 18.2 Å². The summed E-state index contributed by atoms with van der Waals surface area (Å²) in [6.45, 7) is 3.55. The molecular weight excluding hydrogens is 304 g/mol. The van der Waals surface area contributed by atoms with Crippen LogP contribution in [0.25, 0.3) is 0 Å². The fourth-order valence-corrected chi connectivity index (χ4v) is 3.01. The van der Waals surface area contributed by atoms with E-state index in [0.717, 1.165) is 18.0 Å². The molecule has 0 fully saturated rings. The Morgan fingerprint density at radius 2 is 1.78 bits per heavy atom. The molecule has 0 heterocycles. The second-order valence-corrected chi connectivity index (χ2v) is 6.69. The summed E-state index contributed by atoms with van der Waals surface area (Å²) in [5.74, 6) is 0.926. The quantitative estimate of drug-likeness (QED) is 0.750. The number of hydrogen-bond acceptors (Lipinski definition) is 3. The van der Waals surface area contributed by atoms with E-state index in [1.54, 1.807) is 11.8 Å². The van der Waals surface area contributed by atoms with E-state index in [-0.39, 0.29) is 5.91 Å². The number of benzene rings is 2. The van der Waals surface area contributed by atoms with E-state index in [9.17, 15) is 4.79 Å². The van der Waals surface area contributed by atoms with Gasteiger partial charge in [0.1, 0.15) is 0 Å². The van der Waals surface area contributed by atoms with Gasteiger partial charge >= 0.3 is 0 Å². The van der Waals surface area contributed by atoms with E-state index in [1.807, 2.05) is 25.2 Å². The summed E-state index contributed by atoms with van der Waals surface area (Å²) in [6, 6.07) is 18.6. The molecule has 0 bridgehead atoms. The lowest BCUT2D eigenvalue weighted by molar-refractivity contribution is -0.120. The van der Waals surface area contributed by atoms with Gasteiger partial charge < -0.3 is 10.2 Å². The molecule has 0 saturated heterocycles. The summed E-state index contributed by atoms with van der Waals surface area (Å²) in [4.78, 5) is 15.2. The molecule has 0 aliphatic carbocycles. The highest BCUT2D eigenvalue weighted by Gasteiger charge is 2.03. The van der Waals surface area contributed by atoms with E-state index in [1.165, 1.54) is 10.5 Å². The minimum absolute atomic E-state index is 0.117. The van der Waals surface area contributed by atoms with Gasteiger partial charge in [-0.15, -0.1) is 11.8 Å². The lowest BCUT2D eigenvalue weighted by Crippen LogP contribution is -2.33. The molecule has 122 valence electrons. The first-order valence-corrected chi connectivity index (χ1v) is 8.86. The molecule has 1 N–H and O–H groups in total. The minimum Gasteiger partial charge on any atom is -0.373 e. The highest BCUT2D eigenvalue weighted by Crippen LogP contribution is 2.18. The maximum absolute atomic E-state index is 11.9. The van der Waals surface area contributed by atoms with Crippen LogP contribution < -0.4 is 10.2 Å². The first kappa shape index (κ1) is 17.4. The lowest BCUT2D eigenvalue weighted by Gasteiger charge is -2.19. The van der Waals surface area contributed by atoms with E-state index in [4.69, 9.17) is 0 Å². The number of likely N-dealkylation sites (N-methyl/N-ethyl adjacent to an activating group) is 1. The maximum atomic E-state index is 11.9. The number of carbonyl (C=O) groups is 1. The predicted octanol–water partition coefficient (Wildman–Crippen LogP) is 3.73. The van der Waals surface area contributed by atoms with Crippen LogP contribution in [0.1, 0.15) is 12.0 Å². The molecule has 0 aliphatic rings. The fourth-order valence-electron chi connectivity index (χ4n) is 2.16. The summed E-state index contributed by atoms with van der Waals surface area (Å²) >= 11 is 1.72. The molecule has 0 saturated carbocycles. The number of para-hydroxylation sites is 1. The second kappa shape index (κ2) is 9.26. The smallest absolute Gasteiger partial charge is 0.220 e. The molecule has 1 amide bonds. The Hall–Kier alpha value is -1.94. The molecule has 0 aromatic heterocycles. The number of nitrogens with one attached hydrogen (secondary N) is 1. The van der Waals surface area contributed by atoms with E-state index in [0.29, 0.717) is 13.0 Å². The molecule has 0 unspecified atom stereocenters. The van der Waals surface area contributed by atoms with Crippen LogP contribution in [0.2, 0.25) is 0 Å². The first-order chi connectivity index (χ1) is 11.1. The molecule has 0 radical (unpaired) electrons. The van der Waals surface area contributed by atoms with Crippen LogP contribution in [-0.4, -0.2) is 31.8 Å². The number of thioether (sulfide) groups is 1. The van der Waals surface area contributed by atoms with Crippen molar-refractivity contribution in [3.63, 3.8) is 0 Å². The monoisotopic (exact) mass is 328 g/mol. The topological polar surface area (TPSA) is 32.3 Å². The highest BCUT2D eigenvalue weighted by atomic mass is 32.2. The van der Waals surface area contributed by atoms with Gasteiger partial charge in [-0.05, 0) is 31.2 Å². The second-order valence-electron chi connectivity index (χ2n) is 5.52. The Balaban J connectivity index is 1.61. The summed E-state index contributed by atoms with van der Waals surface area (Å²) in [6.07, 6.45) is 0.549. The van der Waals surface area contributed by atoms with Crippen molar-refractivity contribution < 1.29 is 4.79 Å². The third-order valence-electron chi connectivity index (χ3n) is 3.59. The van der Waals surface area contributed by atoms with Gasteiger partial charge in [0.05, 0.1) is 0 Å². The van der Waals surface area contributed by atoms with Gasteiger partial charge in [-0.3, -0.25) is 4.79 Å². The Labute approximate surface area is 143 Å². The van der Waals surface area contributed by atoms with Crippen molar-refractivity contribution in [1.82, 2.24) is 5.32 Å².